The number of hydrazine groups is 1. The minimum Gasteiger partial charge on any atom is -0.307 e. The Morgan fingerprint density at radius 3 is 2.48 bits per heavy atom. The highest BCUT2D eigenvalue weighted by Gasteiger charge is 2.33. The Morgan fingerprint density at radius 1 is 1.16 bits per heavy atom. The second kappa shape index (κ2) is 6.51. The van der Waals surface area contributed by atoms with E-state index in [1.165, 1.54) is 5.01 Å². The minimum atomic E-state index is -1.24. The maximum Gasteiger partial charge on any atom is 0.243 e. The highest BCUT2D eigenvalue weighted by Crippen LogP contribution is 2.33. The molecule has 1 amide bonds. The van der Waals surface area contributed by atoms with Crippen molar-refractivity contribution in [2.75, 3.05) is 0 Å². The number of amidine groups is 1. The maximum absolute atomic E-state index is 12.5. The van der Waals surface area contributed by atoms with Gasteiger partial charge in [-0.3, -0.25) is 10.2 Å². The Morgan fingerprint density at radius 2 is 1.80 bits per heavy atom. The van der Waals surface area contributed by atoms with Crippen molar-refractivity contribution < 1.29 is 4.79 Å². The number of rotatable bonds is 4. The van der Waals surface area contributed by atoms with Gasteiger partial charge in [-0.2, -0.15) is 0 Å². The van der Waals surface area contributed by atoms with Crippen molar-refractivity contribution >= 4 is 23.1 Å². The molecule has 0 aliphatic carbocycles. The van der Waals surface area contributed by atoms with Gasteiger partial charge >= 0.3 is 0 Å². The summed E-state index contributed by atoms with van der Waals surface area (Å²) in [4.78, 5) is 17.0. The largest absolute Gasteiger partial charge is 0.307 e. The summed E-state index contributed by atoms with van der Waals surface area (Å²) in [6.45, 7) is 5.71. The molecule has 0 saturated carbocycles. The molecule has 5 N–H and O–H groups in total. The van der Waals surface area contributed by atoms with Gasteiger partial charge in [-0.05, 0) is 18.6 Å². The molecule has 0 aromatic heterocycles. The standard InChI is InChI=1S/C19H21N5O/c1-13-15-10-6-7-11-16(15)22-18(19(2,20)21)24(13)23-17(25)12-14-8-4-3-5-9-14/h3-11H,1,12,20-21H2,2H3,(H,23,25). The van der Waals surface area contributed by atoms with Crippen LogP contribution in [0.4, 0.5) is 5.69 Å². The molecule has 128 valence electrons. The first-order valence-corrected chi connectivity index (χ1v) is 7.95. The lowest BCUT2D eigenvalue weighted by molar-refractivity contribution is -0.122. The number of aliphatic imine (C=N–C) groups is 1. The van der Waals surface area contributed by atoms with E-state index >= 15 is 0 Å². The molecule has 0 bridgehead atoms. The first kappa shape index (κ1) is 16.9. The third-order valence-corrected chi connectivity index (χ3v) is 3.85. The van der Waals surface area contributed by atoms with Crippen LogP contribution in [0, 0.1) is 0 Å². The summed E-state index contributed by atoms with van der Waals surface area (Å²) in [5, 5.41) is 1.48. The van der Waals surface area contributed by atoms with Crippen molar-refractivity contribution in [1.82, 2.24) is 10.4 Å². The molecule has 2 aromatic carbocycles. The van der Waals surface area contributed by atoms with E-state index in [-0.39, 0.29) is 12.3 Å². The molecule has 0 spiro atoms. The second-order valence-corrected chi connectivity index (χ2v) is 6.21. The Labute approximate surface area is 146 Å². The summed E-state index contributed by atoms with van der Waals surface area (Å²) in [7, 11) is 0. The number of amides is 1. The van der Waals surface area contributed by atoms with E-state index in [1.54, 1.807) is 6.92 Å². The van der Waals surface area contributed by atoms with Crippen molar-refractivity contribution in [3.05, 3.63) is 72.3 Å². The van der Waals surface area contributed by atoms with Gasteiger partial charge in [0.2, 0.25) is 5.91 Å². The van der Waals surface area contributed by atoms with E-state index in [0.29, 0.717) is 11.5 Å². The summed E-state index contributed by atoms with van der Waals surface area (Å²) in [5.74, 6) is 0.126. The molecule has 25 heavy (non-hydrogen) atoms. The van der Waals surface area contributed by atoms with Crippen LogP contribution < -0.4 is 16.9 Å². The van der Waals surface area contributed by atoms with Gasteiger partial charge in [0.05, 0.1) is 17.8 Å². The number of nitrogens with zero attached hydrogens (tertiary/aromatic N) is 2. The van der Waals surface area contributed by atoms with Gasteiger partial charge in [0.1, 0.15) is 5.66 Å². The molecule has 3 rings (SSSR count). The van der Waals surface area contributed by atoms with Crippen LogP contribution >= 0.6 is 0 Å². The number of para-hydroxylation sites is 1. The van der Waals surface area contributed by atoms with Gasteiger partial charge in [-0.15, -0.1) is 0 Å². The second-order valence-electron chi connectivity index (χ2n) is 6.21. The van der Waals surface area contributed by atoms with E-state index in [1.807, 2.05) is 54.6 Å². The summed E-state index contributed by atoms with van der Waals surface area (Å²) in [6.07, 6.45) is 0.228. The van der Waals surface area contributed by atoms with Gasteiger partial charge < -0.3 is 11.5 Å². The van der Waals surface area contributed by atoms with E-state index in [4.69, 9.17) is 11.5 Å². The molecule has 0 unspecified atom stereocenters. The molecule has 0 radical (unpaired) electrons. The number of carbonyl (C=O) groups is 1. The first-order valence-electron chi connectivity index (χ1n) is 7.95. The lowest BCUT2D eigenvalue weighted by Crippen LogP contribution is -2.63. The molecule has 0 saturated heterocycles. The first-order chi connectivity index (χ1) is 11.9. The van der Waals surface area contributed by atoms with E-state index < -0.39 is 5.66 Å². The Kier molecular flexibility index (Phi) is 4.39. The van der Waals surface area contributed by atoms with Crippen molar-refractivity contribution in [3.63, 3.8) is 0 Å². The predicted octanol–water partition coefficient (Wildman–Crippen LogP) is 1.91. The van der Waals surface area contributed by atoms with Crippen molar-refractivity contribution in [2.24, 2.45) is 16.5 Å². The highest BCUT2D eigenvalue weighted by atomic mass is 16.2. The molecule has 2 aromatic rings. The van der Waals surface area contributed by atoms with Crippen LogP contribution in [-0.2, 0) is 11.2 Å². The molecule has 0 fully saturated rings. The molecule has 1 heterocycles. The lowest BCUT2D eigenvalue weighted by Gasteiger charge is -2.37. The molecular weight excluding hydrogens is 314 g/mol. The number of carbonyl (C=O) groups excluding carboxylic acids is 1. The summed E-state index contributed by atoms with van der Waals surface area (Å²) >= 11 is 0. The average molecular weight is 335 g/mol. The van der Waals surface area contributed by atoms with Crippen molar-refractivity contribution in [1.29, 1.82) is 0 Å². The zero-order valence-corrected chi connectivity index (χ0v) is 14.1. The van der Waals surface area contributed by atoms with Crippen LogP contribution in [0.5, 0.6) is 0 Å². The van der Waals surface area contributed by atoms with Crippen molar-refractivity contribution in [3.8, 4) is 0 Å². The van der Waals surface area contributed by atoms with Crippen LogP contribution in [0.1, 0.15) is 18.1 Å². The quantitative estimate of drug-likeness (QED) is 0.744. The van der Waals surface area contributed by atoms with E-state index in [2.05, 4.69) is 17.0 Å². The maximum atomic E-state index is 12.5. The summed E-state index contributed by atoms with van der Waals surface area (Å²) < 4.78 is 0. The topological polar surface area (TPSA) is 96.7 Å². The predicted molar refractivity (Wildman–Crippen MR) is 99.5 cm³/mol. The fourth-order valence-electron chi connectivity index (χ4n) is 2.65. The van der Waals surface area contributed by atoms with Crippen molar-refractivity contribution in [2.45, 2.75) is 19.0 Å². The zero-order valence-electron chi connectivity index (χ0n) is 14.1. The number of hydrogen-bond acceptors (Lipinski definition) is 5. The number of nitrogens with one attached hydrogen (secondary N) is 1. The zero-order chi connectivity index (χ0) is 18.0. The monoisotopic (exact) mass is 335 g/mol. The SMILES string of the molecule is C=C1c2ccccc2N=C(C(C)(N)N)N1NC(=O)Cc1ccccc1. The molecule has 6 heteroatoms. The Balaban J connectivity index is 1.89. The van der Waals surface area contributed by atoms with Crippen LogP contribution in [-0.4, -0.2) is 22.4 Å². The number of benzene rings is 2. The van der Waals surface area contributed by atoms with Gasteiger partial charge in [-0.25, -0.2) is 10.0 Å². The lowest BCUT2D eigenvalue weighted by atomic mass is 10.1. The van der Waals surface area contributed by atoms with Gasteiger partial charge in [0.15, 0.2) is 5.84 Å². The third kappa shape index (κ3) is 3.60. The third-order valence-electron chi connectivity index (χ3n) is 3.85. The van der Waals surface area contributed by atoms with Crippen LogP contribution in [0.15, 0.2) is 66.2 Å². The highest BCUT2D eigenvalue weighted by molar-refractivity contribution is 6.03. The Bertz CT molecular complexity index is 836. The van der Waals surface area contributed by atoms with Crippen LogP contribution in [0.25, 0.3) is 5.70 Å². The average Bonchev–Trinajstić information content (AvgIpc) is 2.57. The normalized spacial score (nSPS) is 14.0. The number of hydrogen-bond donors (Lipinski definition) is 3. The van der Waals surface area contributed by atoms with Gasteiger partial charge in [0, 0.05) is 5.56 Å². The summed E-state index contributed by atoms with van der Waals surface area (Å²) in [5.41, 5.74) is 16.7. The molecule has 0 atom stereocenters. The fourth-order valence-corrected chi connectivity index (χ4v) is 2.65. The molecule has 1 aliphatic heterocycles. The number of fused-ring (bicyclic) bond motifs is 1. The van der Waals surface area contributed by atoms with Crippen LogP contribution in [0.3, 0.4) is 0 Å². The summed E-state index contributed by atoms with van der Waals surface area (Å²) in [6, 6.07) is 17.0. The molecule has 1 aliphatic rings. The van der Waals surface area contributed by atoms with E-state index in [9.17, 15) is 4.79 Å². The van der Waals surface area contributed by atoms with Gasteiger partial charge in [0.25, 0.3) is 0 Å². The molecule has 6 nitrogen and oxygen atoms in total. The fraction of sp³-hybridized carbons (Fsp3) is 0.158. The minimum absolute atomic E-state index is 0.205. The van der Waals surface area contributed by atoms with Gasteiger partial charge in [-0.1, -0.05) is 55.1 Å². The molecular formula is C19H21N5O. The smallest absolute Gasteiger partial charge is 0.243 e. The van der Waals surface area contributed by atoms with Crippen LogP contribution in [0.2, 0.25) is 0 Å². The Hall–Kier alpha value is -2.96. The van der Waals surface area contributed by atoms with E-state index in [0.717, 1.165) is 16.8 Å². The number of nitrogens with two attached hydrogens (primary N) is 2.